The molecule has 0 unspecified atom stereocenters. The van der Waals surface area contributed by atoms with Gasteiger partial charge in [0, 0.05) is 11.9 Å². The van der Waals surface area contributed by atoms with E-state index in [0.29, 0.717) is 12.2 Å². The number of amides is 2. The third kappa shape index (κ3) is 4.39. The van der Waals surface area contributed by atoms with Crippen LogP contribution >= 0.6 is 0 Å². The Bertz CT molecular complexity index is 295. The predicted octanol–water partition coefficient (Wildman–Crippen LogP) is 0.296. The highest BCUT2D eigenvalue weighted by Gasteiger charge is 2.10. The van der Waals surface area contributed by atoms with Crippen molar-refractivity contribution in [2.24, 2.45) is 16.7 Å². The van der Waals surface area contributed by atoms with Gasteiger partial charge < -0.3 is 0 Å². The molecule has 0 bridgehead atoms. The van der Waals surface area contributed by atoms with Gasteiger partial charge in [0.25, 0.3) is 0 Å². The first kappa shape index (κ1) is 13.3. The zero-order valence-electron chi connectivity index (χ0n) is 9.03. The van der Waals surface area contributed by atoms with E-state index in [9.17, 15) is 4.79 Å². The molecule has 0 saturated heterocycles. The molecule has 0 atom stereocenters. The molecule has 0 aliphatic carbocycles. The van der Waals surface area contributed by atoms with E-state index in [2.05, 4.69) is 11.6 Å². The molecule has 15 heavy (non-hydrogen) atoms. The second kappa shape index (κ2) is 6.74. The lowest BCUT2D eigenvalue weighted by molar-refractivity contribution is 0.211. The molecule has 0 spiro atoms. The first-order valence-corrected chi connectivity index (χ1v) is 4.37. The lowest BCUT2D eigenvalue weighted by Crippen LogP contribution is -2.46. The number of carbonyl (C=O) groups is 1. The van der Waals surface area contributed by atoms with E-state index in [4.69, 9.17) is 11.7 Å². The van der Waals surface area contributed by atoms with Gasteiger partial charge in [-0.2, -0.15) is 0 Å². The molecule has 6 heteroatoms. The zero-order valence-corrected chi connectivity index (χ0v) is 9.03. The summed E-state index contributed by atoms with van der Waals surface area (Å²) in [5.41, 5.74) is 3.43. The van der Waals surface area contributed by atoms with Crippen molar-refractivity contribution in [3.8, 4) is 0 Å². The highest BCUT2D eigenvalue weighted by Crippen LogP contribution is 2.06. The van der Waals surface area contributed by atoms with Crippen LogP contribution in [0.4, 0.5) is 4.79 Å². The Morgan fingerprint density at radius 3 is 2.67 bits per heavy atom. The van der Waals surface area contributed by atoms with E-state index in [1.165, 1.54) is 0 Å². The first-order chi connectivity index (χ1) is 7.04. The fraction of sp³-hybridized carbons (Fsp3) is 0.333. The van der Waals surface area contributed by atoms with Crippen LogP contribution in [0.3, 0.4) is 0 Å². The minimum absolute atomic E-state index is 0.462. The van der Waals surface area contributed by atoms with Crippen molar-refractivity contribution in [3.63, 3.8) is 0 Å². The largest absolute Gasteiger partial charge is 0.350 e. The molecule has 0 fully saturated rings. The molecule has 0 aliphatic rings. The number of urea groups is 1. The standard InChI is InChI=1S/C9H17N5O/c1-4-5-12-6-7(2)8(3)14(11)9(15)13-10/h4-5H,1,6,10-11H2,2-3H3,(H,13,15)/b8-7+,12-5?. The van der Waals surface area contributed by atoms with Crippen LogP contribution in [0.2, 0.25) is 0 Å². The third-order valence-corrected chi connectivity index (χ3v) is 1.86. The number of hydrogen-bond donors (Lipinski definition) is 3. The van der Waals surface area contributed by atoms with Crippen molar-refractivity contribution in [1.29, 1.82) is 0 Å². The molecule has 0 heterocycles. The van der Waals surface area contributed by atoms with Gasteiger partial charge in [-0.3, -0.25) is 10.4 Å². The van der Waals surface area contributed by atoms with Crippen LogP contribution in [0.15, 0.2) is 28.9 Å². The number of carbonyl (C=O) groups excluding carboxylic acids is 1. The molecule has 2 amide bonds. The van der Waals surface area contributed by atoms with Gasteiger partial charge in [-0.15, -0.1) is 0 Å². The lowest BCUT2D eigenvalue weighted by atomic mass is 10.2. The van der Waals surface area contributed by atoms with Crippen LogP contribution in [0, 0.1) is 0 Å². The van der Waals surface area contributed by atoms with Crippen LogP contribution in [-0.2, 0) is 0 Å². The van der Waals surface area contributed by atoms with Crippen molar-refractivity contribution < 1.29 is 4.79 Å². The quantitative estimate of drug-likeness (QED) is 0.270. The Morgan fingerprint density at radius 1 is 1.60 bits per heavy atom. The van der Waals surface area contributed by atoms with Gasteiger partial charge in [0.15, 0.2) is 0 Å². The lowest BCUT2D eigenvalue weighted by Gasteiger charge is -2.18. The molecule has 0 rings (SSSR count). The molecule has 0 aromatic heterocycles. The summed E-state index contributed by atoms with van der Waals surface area (Å²) in [6.07, 6.45) is 3.16. The number of nitrogens with one attached hydrogen (secondary N) is 1. The molecular formula is C9H17N5O. The number of hydrogen-bond acceptors (Lipinski definition) is 4. The molecule has 0 aromatic rings. The van der Waals surface area contributed by atoms with Crippen LogP contribution in [0.5, 0.6) is 0 Å². The summed E-state index contributed by atoms with van der Waals surface area (Å²) in [5.74, 6) is 10.4. The van der Waals surface area contributed by atoms with E-state index >= 15 is 0 Å². The van der Waals surface area contributed by atoms with Crippen LogP contribution in [0.1, 0.15) is 13.8 Å². The summed E-state index contributed by atoms with van der Waals surface area (Å²) in [4.78, 5) is 15.1. The number of allylic oxidation sites excluding steroid dienone is 2. The van der Waals surface area contributed by atoms with E-state index in [0.717, 1.165) is 10.6 Å². The second-order valence-corrected chi connectivity index (χ2v) is 2.91. The van der Waals surface area contributed by atoms with Crippen LogP contribution in [0.25, 0.3) is 0 Å². The predicted molar refractivity (Wildman–Crippen MR) is 60.7 cm³/mol. The van der Waals surface area contributed by atoms with E-state index < -0.39 is 6.03 Å². The van der Waals surface area contributed by atoms with Crippen molar-refractivity contribution in [3.05, 3.63) is 23.9 Å². The minimum atomic E-state index is -0.570. The summed E-state index contributed by atoms with van der Waals surface area (Å²) in [5, 5.41) is 0.943. The highest BCUT2D eigenvalue weighted by atomic mass is 16.2. The van der Waals surface area contributed by atoms with E-state index in [1.807, 2.05) is 12.3 Å². The van der Waals surface area contributed by atoms with Crippen LogP contribution < -0.4 is 17.1 Å². The number of hydrazine groups is 2. The number of nitrogens with two attached hydrogens (primary N) is 2. The molecule has 0 saturated carbocycles. The summed E-state index contributed by atoms with van der Waals surface area (Å²) in [6, 6.07) is -0.570. The molecule has 5 N–H and O–H groups in total. The third-order valence-electron chi connectivity index (χ3n) is 1.86. The fourth-order valence-corrected chi connectivity index (χ4v) is 0.806. The molecule has 0 aromatic carbocycles. The maximum atomic E-state index is 11.1. The number of aliphatic imine (C=N–C) groups is 1. The Kier molecular flexibility index (Phi) is 6.00. The smallest absolute Gasteiger partial charge is 0.289 e. The van der Waals surface area contributed by atoms with Crippen LogP contribution in [-0.4, -0.2) is 23.8 Å². The maximum absolute atomic E-state index is 11.1. The Morgan fingerprint density at radius 2 is 2.20 bits per heavy atom. The first-order valence-electron chi connectivity index (χ1n) is 4.37. The van der Waals surface area contributed by atoms with Gasteiger partial charge in [0.1, 0.15) is 0 Å². The molecule has 0 radical (unpaired) electrons. The number of rotatable bonds is 4. The van der Waals surface area contributed by atoms with Gasteiger partial charge in [0.2, 0.25) is 0 Å². The summed E-state index contributed by atoms with van der Waals surface area (Å²) < 4.78 is 0. The van der Waals surface area contributed by atoms with Gasteiger partial charge in [-0.1, -0.05) is 12.7 Å². The molecule has 84 valence electrons. The zero-order chi connectivity index (χ0) is 11.8. The van der Waals surface area contributed by atoms with E-state index in [-0.39, 0.29) is 0 Å². The van der Waals surface area contributed by atoms with Gasteiger partial charge in [-0.05, 0) is 19.4 Å². The SMILES string of the molecule is C=CC=NC/C(C)=C(\C)N(N)C(=O)NN. The van der Waals surface area contributed by atoms with Crippen molar-refractivity contribution in [2.75, 3.05) is 6.54 Å². The Balaban J connectivity index is 4.55. The average molecular weight is 211 g/mol. The summed E-state index contributed by atoms with van der Waals surface area (Å²) >= 11 is 0. The van der Waals surface area contributed by atoms with Crippen molar-refractivity contribution in [2.45, 2.75) is 13.8 Å². The topological polar surface area (TPSA) is 96.7 Å². The fourth-order valence-electron chi connectivity index (χ4n) is 0.806. The Hall–Kier alpha value is -1.66. The van der Waals surface area contributed by atoms with Gasteiger partial charge in [0.05, 0.1) is 6.54 Å². The number of nitrogens with zero attached hydrogens (tertiary/aromatic N) is 2. The average Bonchev–Trinajstić information content (AvgIpc) is 2.26. The Labute approximate surface area is 89.3 Å². The van der Waals surface area contributed by atoms with E-state index in [1.54, 1.807) is 19.2 Å². The maximum Gasteiger partial charge on any atom is 0.350 e. The normalized spacial score (nSPS) is 12.3. The highest BCUT2D eigenvalue weighted by molar-refractivity contribution is 5.74. The minimum Gasteiger partial charge on any atom is -0.289 e. The van der Waals surface area contributed by atoms with Gasteiger partial charge in [-0.25, -0.2) is 21.5 Å². The molecule has 6 nitrogen and oxygen atoms in total. The monoisotopic (exact) mass is 211 g/mol. The second-order valence-electron chi connectivity index (χ2n) is 2.91. The summed E-state index contributed by atoms with van der Waals surface area (Å²) in [7, 11) is 0. The van der Waals surface area contributed by atoms with Crippen molar-refractivity contribution in [1.82, 2.24) is 10.4 Å². The molecular weight excluding hydrogens is 194 g/mol. The molecule has 0 aliphatic heterocycles. The van der Waals surface area contributed by atoms with Gasteiger partial charge >= 0.3 is 6.03 Å². The van der Waals surface area contributed by atoms with Crippen molar-refractivity contribution >= 4 is 12.2 Å². The summed E-state index contributed by atoms with van der Waals surface area (Å²) in [6.45, 7) is 7.51.